The fourth-order valence-corrected chi connectivity index (χ4v) is 5.98. The number of hydrogen-bond donors (Lipinski definition) is 3. The lowest BCUT2D eigenvalue weighted by atomic mass is 10.1. The zero-order chi connectivity index (χ0) is 27.0. The van der Waals surface area contributed by atoms with Crippen molar-refractivity contribution in [3.63, 3.8) is 0 Å². The normalized spacial score (nSPS) is 17.6. The van der Waals surface area contributed by atoms with Crippen molar-refractivity contribution in [1.82, 2.24) is 9.62 Å². The Bertz CT molecular complexity index is 1510. The van der Waals surface area contributed by atoms with Gasteiger partial charge in [-0.05, 0) is 66.9 Å². The summed E-state index contributed by atoms with van der Waals surface area (Å²) in [5.74, 6) is -0.570. The largest absolute Gasteiger partial charge is 0.331 e. The monoisotopic (exact) mass is 533 g/mol. The Balaban J connectivity index is 1.32. The van der Waals surface area contributed by atoms with Crippen molar-refractivity contribution >= 4 is 39.2 Å². The van der Waals surface area contributed by atoms with Crippen molar-refractivity contribution in [2.45, 2.75) is 30.3 Å². The van der Waals surface area contributed by atoms with Gasteiger partial charge in [0.05, 0.1) is 23.5 Å². The number of hydrogen-bond acceptors (Lipinski definition) is 6. The number of rotatable bonds is 6. The summed E-state index contributed by atoms with van der Waals surface area (Å²) < 4.78 is 27.6. The van der Waals surface area contributed by atoms with Crippen LogP contribution in [-0.4, -0.2) is 49.7 Å². The lowest BCUT2D eigenvalue weighted by Crippen LogP contribution is -2.34. The molecule has 2 aliphatic rings. The number of sulfonamides is 1. The highest BCUT2D eigenvalue weighted by molar-refractivity contribution is 7.89. The summed E-state index contributed by atoms with van der Waals surface area (Å²) in [5.41, 5.74) is 8.67. The van der Waals surface area contributed by atoms with Crippen molar-refractivity contribution < 1.29 is 22.8 Å². The first-order chi connectivity index (χ1) is 18.1. The van der Waals surface area contributed by atoms with E-state index < -0.39 is 28.1 Å². The van der Waals surface area contributed by atoms with E-state index in [0.717, 1.165) is 9.87 Å². The molecule has 1 fully saturated rings. The fourth-order valence-electron chi connectivity index (χ4n) is 4.58. The van der Waals surface area contributed by atoms with Gasteiger partial charge in [-0.25, -0.2) is 17.5 Å². The predicted molar refractivity (Wildman–Crippen MR) is 142 cm³/mol. The molecule has 3 aromatic rings. The van der Waals surface area contributed by atoms with Crippen LogP contribution in [0.25, 0.3) is 0 Å². The van der Waals surface area contributed by atoms with Gasteiger partial charge in [-0.2, -0.15) is 0 Å². The lowest BCUT2D eigenvalue weighted by molar-refractivity contribution is -0.117. The number of nitrogens with zero attached hydrogens (tertiary/aromatic N) is 2. The van der Waals surface area contributed by atoms with Crippen LogP contribution in [0.2, 0.25) is 0 Å². The molecule has 0 unspecified atom stereocenters. The number of benzene rings is 3. The molecule has 0 aliphatic carbocycles. The second-order valence-corrected chi connectivity index (χ2v) is 11.2. The minimum atomic E-state index is -4.09. The van der Waals surface area contributed by atoms with Gasteiger partial charge in [-0.3, -0.25) is 9.59 Å². The number of urea groups is 1. The van der Waals surface area contributed by atoms with E-state index in [1.807, 2.05) is 30.3 Å². The average Bonchev–Trinajstić information content (AvgIpc) is 3.53. The topological polar surface area (TPSA) is 142 Å². The van der Waals surface area contributed by atoms with Gasteiger partial charge in [0.1, 0.15) is 0 Å². The van der Waals surface area contributed by atoms with Crippen LogP contribution < -0.4 is 21.3 Å². The summed E-state index contributed by atoms with van der Waals surface area (Å²) in [6, 6.07) is 18.5. The maximum atomic E-state index is 13.4. The first-order valence-corrected chi connectivity index (χ1v) is 13.6. The minimum absolute atomic E-state index is 0.00337. The first kappa shape index (κ1) is 25.4. The van der Waals surface area contributed by atoms with Gasteiger partial charge in [-0.1, -0.05) is 30.3 Å². The van der Waals surface area contributed by atoms with Gasteiger partial charge >= 0.3 is 6.03 Å². The van der Waals surface area contributed by atoms with Crippen LogP contribution in [0, 0.1) is 0 Å². The van der Waals surface area contributed by atoms with E-state index in [1.54, 1.807) is 42.2 Å². The van der Waals surface area contributed by atoms with Crippen LogP contribution in [0.4, 0.5) is 16.2 Å². The van der Waals surface area contributed by atoms with E-state index in [0.29, 0.717) is 35.5 Å². The van der Waals surface area contributed by atoms with Gasteiger partial charge in [0, 0.05) is 23.5 Å². The average molecular weight is 534 g/mol. The molecule has 0 spiro atoms. The van der Waals surface area contributed by atoms with Crippen molar-refractivity contribution in [2.24, 2.45) is 5.73 Å². The summed E-state index contributed by atoms with van der Waals surface area (Å²) >= 11 is 0. The number of anilines is 2. The molecule has 4 N–H and O–H groups in total. The zero-order valence-corrected chi connectivity index (χ0v) is 21.4. The van der Waals surface area contributed by atoms with E-state index in [4.69, 9.17) is 5.73 Å². The standard InChI is InChI=1S/C27H27N5O5S/c1-17(28)25(33)29-21-9-7-19(8-10-21)26(34)31-14-13-20-15-22(11-12-24(20)31)38(36,37)32-16-23(30-27(32)35)18-5-3-2-4-6-18/h2-12,15,17,23H,13-14,16,28H2,1H3,(H,29,33)(H,30,35)/t17-,23+/m0/s1. The highest BCUT2D eigenvalue weighted by atomic mass is 32.2. The molecule has 38 heavy (non-hydrogen) atoms. The summed E-state index contributed by atoms with van der Waals surface area (Å²) in [6.07, 6.45) is 0.478. The molecule has 2 heterocycles. The molecule has 4 amide bonds. The van der Waals surface area contributed by atoms with Crippen molar-refractivity contribution in [3.05, 3.63) is 89.5 Å². The summed E-state index contributed by atoms with van der Waals surface area (Å²) in [7, 11) is -4.09. The highest BCUT2D eigenvalue weighted by Crippen LogP contribution is 2.33. The Morgan fingerprint density at radius 2 is 1.76 bits per heavy atom. The van der Waals surface area contributed by atoms with Crippen LogP contribution in [0.3, 0.4) is 0 Å². The molecule has 2 atom stereocenters. The third kappa shape index (κ3) is 4.73. The number of nitrogens with two attached hydrogens (primary N) is 1. The van der Waals surface area contributed by atoms with Gasteiger partial charge in [0.25, 0.3) is 15.9 Å². The maximum Gasteiger partial charge on any atom is 0.331 e. The molecule has 196 valence electrons. The Hall–Kier alpha value is -4.22. The van der Waals surface area contributed by atoms with E-state index >= 15 is 0 Å². The maximum absolute atomic E-state index is 13.4. The lowest BCUT2D eigenvalue weighted by Gasteiger charge is -2.19. The van der Waals surface area contributed by atoms with Crippen LogP contribution >= 0.6 is 0 Å². The number of carbonyl (C=O) groups excluding carboxylic acids is 3. The van der Waals surface area contributed by atoms with Crippen LogP contribution in [0.15, 0.2) is 77.7 Å². The second-order valence-electron chi connectivity index (χ2n) is 9.30. The van der Waals surface area contributed by atoms with Crippen LogP contribution in [0.5, 0.6) is 0 Å². The van der Waals surface area contributed by atoms with Crippen LogP contribution in [0.1, 0.15) is 34.5 Å². The van der Waals surface area contributed by atoms with Gasteiger partial charge in [0.15, 0.2) is 0 Å². The van der Waals surface area contributed by atoms with Crippen molar-refractivity contribution in [1.29, 1.82) is 0 Å². The quantitative estimate of drug-likeness (QED) is 0.445. The van der Waals surface area contributed by atoms with Gasteiger partial charge in [0.2, 0.25) is 5.91 Å². The molecule has 0 saturated carbocycles. The Morgan fingerprint density at radius 1 is 1.05 bits per heavy atom. The Labute approximate surface area is 220 Å². The third-order valence-corrected chi connectivity index (χ3v) is 8.41. The Kier molecular flexibility index (Phi) is 6.64. The highest BCUT2D eigenvalue weighted by Gasteiger charge is 2.39. The first-order valence-electron chi connectivity index (χ1n) is 12.1. The second kappa shape index (κ2) is 9.92. The summed E-state index contributed by atoms with van der Waals surface area (Å²) in [4.78, 5) is 39.2. The molecular formula is C27H27N5O5S. The molecular weight excluding hydrogens is 506 g/mol. The molecule has 0 aromatic heterocycles. The number of carbonyl (C=O) groups is 3. The number of nitrogens with one attached hydrogen (secondary N) is 2. The molecule has 10 nitrogen and oxygen atoms in total. The van der Waals surface area contributed by atoms with Gasteiger partial charge < -0.3 is 21.3 Å². The Morgan fingerprint density at radius 3 is 2.45 bits per heavy atom. The molecule has 2 aliphatic heterocycles. The number of fused-ring (bicyclic) bond motifs is 1. The molecule has 1 saturated heterocycles. The van der Waals surface area contributed by atoms with E-state index in [1.165, 1.54) is 12.1 Å². The SMILES string of the molecule is C[C@H](N)C(=O)Nc1ccc(C(=O)N2CCc3cc(S(=O)(=O)N4C[C@H](c5ccccc5)NC4=O)ccc32)cc1. The van der Waals surface area contributed by atoms with Crippen molar-refractivity contribution in [2.75, 3.05) is 23.3 Å². The minimum Gasteiger partial charge on any atom is -0.328 e. The molecule has 0 radical (unpaired) electrons. The molecule has 3 aromatic carbocycles. The summed E-state index contributed by atoms with van der Waals surface area (Å²) in [6.45, 7) is 1.96. The van der Waals surface area contributed by atoms with E-state index in [9.17, 15) is 22.8 Å². The van der Waals surface area contributed by atoms with E-state index in [2.05, 4.69) is 10.6 Å². The van der Waals surface area contributed by atoms with Crippen molar-refractivity contribution in [3.8, 4) is 0 Å². The van der Waals surface area contributed by atoms with Gasteiger partial charge in [-0.15, -0.1) is 0 Å². The third-order valence-electron chi connectivity index (χ3n) is 6.67. The summed E-state index contributed by atoms with van der Waals surface area (Å²) in [5, 5.41) is 5.41. The van der Waals surface area contributed by atoms with E-state index in [-0.39, 0.29) is 23.3 Å². The number of amides is 4. The zero-order valence-electron chi connectivity index (χ0n) is 20.6. The predicted octanol–water partition coefficient (Wildman–Crippen LogP) is 2.63. The smallest absolute Gasteiger partial charge is 0.328 e. The molecule has 0 bridgehead atoms. The molecule has 11 heteroatoms. The fraction of sp³-hybridized carbons (Fsp3) is 0.222. The van der Waals surface area contributed by atoms with Crippen LogP contribution in [-0.2, 0) is 21.2 Å². The molecule has 5 rings (SSSR count).